The minimum Gasteiger partial charge on any atom is -0.378 e. The number of hydrogen-bond donors (Lipinski definition) is 0. The van der Waals surface area contributed by atoms with E-state index in [1.54, 1.807) is 24.3 Å². The molecule has 2 heterocycles. The molecule has 2 aliphatic heterocycles. The van der Waals surface area contributed by atoms with Gasteiger partial charge in [0.15, 0.2) is 0 Å². The molecule has 2 aromatic rings. The van der Waals surface area contributed by atoms with E-state index in [2.05, 4.69) is 0 Å². The molecule has 0 unspecified atom stereocenters. The van der Waals surface area contributed by atoms with Gasteiger partial charge in [0.25, 0.3) is 11.8 Å². The summed E-state index contributed by atoms with van der Waals surface area (Å²) in [7, 11) is 0. The van der Waals surface area contributed by atoms with Gasteiger partial charge in [-0.25, -0.2) is 9.29 Å². The van der Waals surface area contributed by atoms with Crippen molar-refractivity contribution in [2.45, 2.75) is 4.90 Å². The smallest absolute Gasteiger partial charge is 0.283 e. The van der Waals surface area contributed by atoms with E-state index in [0.29, 0.717) is 41.9 Å². The summed E-state index contributed by atoms with van der Waals surface area (Å²) in [4.78, 5) is 30.5. The van der Waals surface area contributed by atoms with E-state index in [1.165, 1.54) is 23.9 Å². The molecule has 0 spiro atoms. The van der Waals surface area contributed by atoms with Crippen molar-refractivity contribution < 1.29 is 18.7 Å². The monoisotopic (exact) mass is 452 g/mol. The van der Waals surface area contributed by atoms with Crippen LogP contribution in [0.5, 0.6) is 0 Å². The minimum atomic E-state index is -0.619. The summed E-state index contributed by atoms with van der Waals surface area (Å²) in [5.74, 6) is -1.55. The predicted octanol–water partition coefficient (Wildman–Crippen LogP) is 4.34. The van der Waals surface area contributed by atoms with Crippen LogP contribution >= 0.6 is 35.0 Å². The quantitative estimate of drug-likeness (QED) is 0.645. The Balaban J connectivity index is 1.74. The summed E-state index contributed by atoms with van der Waals surface area (Å²) in [6.07, 6.45) is 0. The second-order valence-electron chi connectivity index (χ2n) is 6.38. The van der Waals surface area contributed by atoms with Crippen LogP contribution in [0.1, 0.15) is 0 Å². The number of carbonyl (C=O) groups is 2. The number of amides is 2. The van der Waals surface area contributed by atoms with Crippen molar-refractivity contribution in [3.05, 3.63) is 68.9 Å². The molecule has 5 nitrogen and oxygen atoms in total. The maximum Gasteiger partial charge on any atom is 0.283 e. The first-order valence-electron chi connectivity index (χ1n) is 8.80. The Hall–Kier alpha value is -2.06. The molecule has 2 amide bonds. The third-order valence-electron chi connectivity index (χ3n) is 4.54. The molecule has 29 heavy (non-hydrogen) atoms. The number of halogens is 3. The van der Waals surface area contributed by atoms with Crippen molar-refractivity contribution in [2.75, 3.05) is 31.2 Å². The van der Waals surface area contributed by atoms with Gasteiger partial charge < -0.3 is 9.64 Å². The fraction of sp³-hybridized carbons (Fsp3) is 0.200. The van der Waals surface area contributed by atoms with Gasteiger partial charge in [-0.05, 0) is 42.5 Å². The van der Waals surface area contributed by atoms with Crippen molar-refractivity contribution in [2.24, 2.45) is 0 Å². The van der Waals surface area contributed by atoms with E-state index in [4.69, 9.17) is 27.9 Å². The summed E-state index contributed by atoms with van der Waals surface area (Å²) in [5.41, 5.74) is 0.544. The zero-order valence-electron chi connectivity index (χ0n) is 15.0. The van der Waals surface area contributed by atoms with Crippen molar-refractivity contribution in [1.29, 1.82) is 0 Å². The molecular formula is C20H15Cl2FN2O3S. The molecule has 0 aromatic heterocycles. The number of ether oxygens (including phenoxy) is 1. The van der Waals surface area contributed by atoms with E-state index in [1.807, 2.05) is 4.90 Å². The van der Waals surface area contributed by atoms with E-state index >= 15 is 0 Å². The van der Waals surface area contributed by atoms with Crippen molar-refractivity contribution in [1.82, 2.24) is 4.90 Å². The van der Waals surface area contributed by atoms with Crippen LogP contribution in [0.25, 0.3) is 0 Å². The number of carbonyl (C=O) groups excluding carboxylic acids is 2. The fourth-order valence-electron chi connectivity index (χ4n) is 3.14. The Bertz CT molecular complexity index is 1010. The Morgan fingerprint density at radius 2 is 1.66 bits per heavy atom. The number of hydrogen-bond acceptors (Lipinski definition) is 5. The van der Waals surface area contributed by atoms with E-state index < -0.39 is 17.6 Å². The summed E-state index contributed by atoms with van der Waals surface area (Å²) in [6, 6.07) is 10.8. The highest BCUT2D eigenvalue weighted by Crippen LogP contribution is 2.39. The molecule has 0 N–H and O–H groups in total. The first kappa shape index (κ1) is 20.2. The highest BCUT2D eigenvalue weighted by Gasteiger charge is 2.42. The van der Waals surface area contributed by atoms with Gasteiger partial charge in [0.05, 0.1) is 23.9 Å². The number of nitrogens with zero attached hydrogens (tertiary/aromatic N) is 2. The molecule has 0 saturated carbocycles. The van der Waals surface area contributed by atoms with Crippen LogP contribution in [-0.2, 0) is 14.3 Å². The second-order valence-corrected chi connectivity index (χ2v) is 8.30. The lowest BCUT2D eigenvalue weighted by atomic mass is 10.2. The first-order chi connectivity index (χ1) is 14.0. The topological polar surface area (TPSA) is 49.9 Å². The SMILES string of the molecule is O=C1C(Sc2ccc(Cl)cc2)=C(N2CCOCC2)C(=O)N1c1ccc(F)c(Cl)c1. The number of imide groups is 1. The molecule has 150 valence electrons. The lowest BCUT2D eigenvalue weighted by molar-refractivity contribution is -0.121. The zero-order chi connectivity index (χ0) is 20.5. The second kappa shape index (κ2) is 8.36. The number of morpholine rings is 1. The number of benzene rings is 2. The Morgan fingerprint density at radius 1 is 0.966 bits per heavy atom. The lowest BCUT2D eigenvalue weighted by Crippen LogP contribution is -2.40. The minimum absolute atomic E-state index is 0.158. The van der Waals surface area contributed by atoms with Gasteiger partial charge in [0.1, 0.15) is 16.4 Å². The molecular weight excluding hydrogens is 438 g/mol. The third kappa shape index (κ3) is 4.00. The fourth-order valence-corrected chi connectivity index (χ4v) is 4.44. The van der Waals surface area contributed by atoms with Crippen LogP contribution in [0.4, 0.5) is 10.1 Å². The van der Waals surface area contributed by atoms with Gasteiger partial charge in [-0.15, -0.1) is 0 Å². The van der Waals surface area contributed by atoms with E-state index in [0.717, 1.165) is 15.9 Å². The van der Waals surface area contributed by atoms with Crippen LogP contribution < -0.4 is 4.90 Å². The van der Waals surface area contributed by atoms with E-state index in [9.17, 15) is 14.0 Å². The van der Waals surface area contributed by atoms with Gasteiger partial charge in [-0.2, -0.15) is 0 Å². The Morgan fingerprint density at radius 3 is 2.31 bits per heavy atom. The molecule has 2 aromatic carbocycles. The predicted molar refractivity (Wildman–Crippen MR) is 111 cm³/mol. The van der Waals surface area contributed by atoms with Gasteiger partial charge in [0, 0.05) is 23.0 Å². The van der Waals surface area contributed by atoms with Gasteiger partial charge in [-0.3, -0.25) is 9.59 Å². The normalized spacial score (nSPS) is 17.5. The highest BCUT2D eigenvalue weighted by atomic mass is 35.5. The molecule has 1 fully saturated rings. The van der Waals surface area contributed by atoms with Crippen LogP contribution in [0.2, 0.25) is 10.0 Å². The summed E-state index contributed by atoms with van der Waals surface area (Å²) in [5, 5.41) is 0.419. The van der Waals surface area contributed by atoms with Crippen LogP contribution in [0.3, 0.4) is 0 Å². The van der Waals surface area contributed by atoms with Crippen molar-refractivity contribution in [3.8, 4) is 0 Å². The number of thioether (sulfide) groups is 1. The summed E-state index contributed by atoms with van der Waals surface area (Å²) in [6.45, 7) is 1.92. The molecule has 9 heteroatoms. The summed E-state index contributed by atoms with van der Waals surface area (Å²) >= 11 is 13.0. The summed E-state index contributed by atoms with van der Waals surface area (Å²) < 4.78 is 19.0. The first-order valence-corrected chi connectivity index (χ1v) is 10.4. The maximum absolute atomic E-state index is 13.6. The number of rotatable bonds is 4. The maximum atomic E-state index is 13.6. The van der Waals surface area contributed by atoms with Gasteiger partial charge >= 0.3 is 0 Å². The van der Waals surface area contributed by atoms with Crippen LogP contribution in [0.15, 0.2) is 58.0 Å². The van der Waals surface area contributed by atoms with Gasteiger partial charge in [0.2, 0.25) is 0 Å². The van der Waals surface area contributed by atoms with Crippen LogP contribution in [-0.4, -0.2) is 43.0 Å². The molecule has 0 aliphatic carbocycles. The largest absolute Gasteiger partial charge is 0.378 e. The van der Waals surface area contributed by atoms with E-state index in [-0.39, 0.29) is 10.7 Å². The average Bonchev–Trinajstić information content (AvgIpc) is 2.96. The zero-order valence-corrected chi connectivity index (χ0v) is 17.4. The van der Waals surface area contributed by atoms with Crippen molar-refractivity contribution in [3.63, 3.8) is 0 Å². The molecule has 0 bridgehead atoms. The standard InChI is InChI=1S/C20H15Cl2FN2O3S/c21-12-1-4-14(5-2-12)29-18-17(24-7-9-28-10-8-24)19(26)25(20(18)27)13-3-6-16(23)15(22)11-13/h1-6,11H,7-10H2. The molecule has 4 rings (SSSR count). The lowest BCUT2D eigenvalue weighted by Gasteiger charge is -2.29. The molecule has 1 saturated heterocycles. The molecule has 2 aliphatic rings. The molecule has 0 atom stereocenters. The van der Waals surface area contributed by atoms with Gasteiger partial charge in [-0.1, -0.05) is 35.0 Å². The number of anilines is 1. The highest BCUT2D eigenvalue weighted by molar-refractivity contribution is 8.04. The average molecular weight is 453 g/mol. The Labute approximate surface area is 181 Å². The Kier molecular flexibility index (Phi) is 5.83. The van der Waals surface area contributed by atoms with Crippen LogP contribution in [0, 0.1) is 5.82 Å². The van der Waals surface area contributed by atoms with Crippen molar-refractivity contribution >= 4 is 52.5 Å². The third-order valence-corrected chi connectivity index (χ3v) is 6.16. The molecule has 0 radical (unpaired) electrons.